The zero-order chi connectivity index (χ0) is 8.74. The van der Waals surface area contributed by atoms with E-state index >= 15 is 0 Å². The zero-order valence-corrected chi connectivity index (χ0v) is 7.36. The molecule has 0 spiro atoms. The molecule has 0 aliphatic heterocycles. The zero-order valence-electron chi connectivity index (χ0n) is 6.54. The summed E-state index contributed by atoms with van der Waals surface area (Å²) in [4.78, 5) is 0. The average Bonchev–Trinajstić information content (AvgIpc) is 1.99. The minimum absolute atomic E-state index is 0.294. The van der Waals surface area contributed by atoms with Gasteiger partial charge in [-0.15, -0.1) is 0 Å². The molecule has 0 amide bonds. The van der Waals surface area contributed by atoms with E-state index in [0.717, 1.165) is 5.41 Å². The summed E-state index contributed by atoms with van der Waals surface area (Å²) in [5, 5.41) is 0.874. The maximum Gasteiger partial charge on any atom is 0.233 e. The third kappa shape index (κ3) is 6.03. The second-order valence-corrected chi connectivity index (χ2v) is 3.51. The van der Waals surface area contributed by atoms with Crippen molar-refractivity contribution < 1.29 is 13.2 Å². The van der Waals surface area contributed by atoms with Gasteiger partial charge < -0.3 is 4.74 Å². The first-order valence-electron chi connectivity index (χ1n) is 3.32. The molecule has 0 aliphatic carbocycles. The molecule has 0 aliphatic rings. The van der Waals surface area contributed by atoms with E-state index in [2.05, 4.69) is 11.3 Å². The lowest BCUT2D eigenvalue weighted by Gasteiger charge is -2.01. The Morgan fingerprint density at radius 2 is 2.27 bits per heavy atom. The molecule has 0 aromatic rings. The maximum atomic E-state index is 10.7. The monoisotopic (exact) mass is 179 g/mol. The molecule has 0 saturated heterocycles. The van der Waals surface area contributed by atoms with E-state index in [-0.39, 0.29) is 0 Å². The minimum atomic E-state index is -3.27. The topological polar surface area (TPSA) is 55.4 Å². The van der Waals surface area contributed by atoms with Crippen LogP contribution in [-0.2, 0) is 14.8 Å². The highest BCUT2D eigenvalue weighted by molar-refractivity contribution is 7.92. The molecule has 66 valence electrons. The molecular weight excluding hydrogens is 166 g/mol. The first kappa shape index (κ1) is 10.6. The fourth-order valence-corrected chi connectivity index (χ4v) is 0.945. The van der Waals surface area contributed by atoms with Gasteiger partial charge in [0.1, 0.15) is 0 Å². The smallest absolute Gasteiger partial charge is 0.233 e. The van der Waals surface area contributed by atoms with Gasteiger partial charge in [0.05, 0.1) is 6.61 Å². The van der Waals surface area contributed by atoms with Crippen LogP contribution in [0.5, 0.6) is 0 Å². The highest BCUT2D eigenvalue weighted by Gasteiger charge is 2.00. The highest BCUT2D eigenvalue weighted by Crippen LogP contribution is 1.82. The van der Waals surface area contributed by atoms with Crippen LogP contribution in [0.25, 0.3) is 0 Å². The molecule has 1 N–H and O–H groups in total. The van der Waals surface area contributed by atoms with Crippen LogP contribution in [0.4, 0.5) is 0 Å². The Kier molecular flexibility index (Phi) is 5.10. The van der Waals surface area contributed by atoms with Crippen LogP contribution in [0.3, 0.4) is 0 Å². The third-order valence-electron chi connectivity index (χ3n) is 0.973. The van der Waals surface area contributed by atoms with E-state index in [1.807, 2.05) is 6.92 Å². The Labute approximate surface area is 67.3 Å². The molecule has 0 aromatic heterocycles. The van der Waals surface area contributed by atoms with Gasteiger partial charge >= 0.3 is 0 Å². The summed E-state index contributed by atoms with van der Waals surface area (Å²) < 4.78 is 28.5. The quantitative estimate of drug-likeness (QED) is 0.588. The Balaban J connectivity index is 3.47. The van der Waals surface area contributed by atoms with Crippen LogP contribution in [0.2, 0.25) is 0 Å². The number of nitrogens with one attached hydrogen (secondary N) is 1. The predicted octanol–water partition coefficient (Wildman–Crippen LogP) is 0.0858. The summed E-state index contributed by atoms with van der Waals surface area (Å²) in [7, 11) is -3.27. The molecule has 0 heterocycles. The van der Waals surface area contributed by atoms with Crippen LogP contribution >= 0.6 is 0 Å². The van der Waals surface area contributed by atoms with Crippen LogP contribution < -0.4 is 4.72 Å². The van der Waals surface area contributed by atoms with Crippen LogP contribution in [-0.4, -0.2) is 28.2 Å². The summed E-state index contributed by atoms with van der Waals surface area (Å²) in [6.07, 6.45) is 0. The summed E-state index contributed by atoms with van der Waals surface area (Å²) in [6.45, 7) is 6.27. The highest BCUT2D eigenvalue weighted by atomic mass is 32.2. The van der Waals surface area contributed by atoms with Crippen LogP contribution in [0.1, 0.15) is 6.92 Å². The summed E-state index contributed by atoms with van der Waals surface area (Å²) in [6, 6.07) is 0. The Bertz CT molecular complexity index is 198. The van der Waals surface area contributed by atoms with E-state index < -0.39 is 10.0 Å². The van der Waals surface area contributed by atoms with Crippen LogP contribution in [0.15, 0.2) is 12.0 Å². The molecule has 0 atom stereocenters. The Hall–Kier alpha value is -0.390. The van der Waals surface area contributed by atoms with Gasteiger partial charge in [-0.1, -0.05) is 6.58 Å². The second-order valence-electron chi connectivity index (χ2n) is 1.80. The van der Waals surface area contributed by atoms with Crippen molar-refractivity contribution in [2.75, 3.05) is 19.8 Å². The number of sulfonamides is 1. The predicted molar refractivity (Wildman–Crippen MR) is 43.6 cm³/mol. The van der Waals surface area contributed by atoms with Crippen molar-refractivity contribution in [2.45, 2.75) is 6.92 Å². The summed E-state index contributed by atoms with van der Waals surface area (Å²) in [5.74, 6) is 0. The lowest BCUT2D eigenvalue weighted by atomic mass is 10.7. The standard InChI is InChI=1S/C6H13NO3S/c1-3-10-6-5-7-11(8,9)4-2/h4,7H,2-3,5-6H2,1H3. The molecule has 0 saturated carbocycles. The molecular formula is C6H13NO3S. The lowest BCUT2D eigenvalue weighted by Crippen LogP contribution is -2.25. The molecule has 4 nitrogen and oxygen atoms in total. The first-order chi connectivity index (χ1) is 5.12. The van der Waals surface area contributed by atoms with E-state index in [1.165, 1.54) is 0 Å². The van der Waals surface area contributed by atoms with E-state index in [0.29, 0.717) is 19.8 Å². The van der Waals surface area contributed by atoms with Crippen molar-refractivity contribution in [3.05, 3.63) is 12.0 Å². The van der Waals surface area contributed by atoms with Crippen molar-refractivity contribution in [2.24, 2.45) is 0 Å². The van der Waals surface area contributed by atoms with Gasteiger partial charge in [-0.25, -0.2) is 13.1 Å². The molecule has 0 fully saturated rings. The molecule has 0 aromatic carbocycles. The fourth-order valence-electron chi connectivity index (χ4n) is 0.459. The second kappa shape index (κ2) is 5.29. The Morgan fingerprint density at radius 1 is 1.64 bits per heavy atom. The summed E-state index contributed by atoms with van der Waals surface area (Å²) in [5.41, 5.74) is 0. The van der Waals surface area contributed by atoms with Crippen molar-refractivity contribution in [3.8, 4) is 0 Å². The van der Waals surface area contributed by atoms with Crippen molar-refractivity contribution >= 4 is 10.0 Å². The molecule has 0 rings (SSSR count). The van der Waals surface area contributed by atoms with Gasteiger partial charge in [-0.3, -0.25) is 0 Å². The van der Waals surface area contributed by atoms with Gasteiger partial charge in [0.25, 0.3) is 0 Å². The molecule has 0 bridgehead atoms. The fraction of sp³-hybridized carbons (Fsp3) is 0.667. The largest absolute Gasteiger partial charge is 0.380 e. The van der Waals surface area contributed by atoms with Gasteiger partial charge in [-0.2, -0.15) is 0 Å². The Morgan fingerprint density at radius 3 is 2.73 bits per heavy atom. The van der Waals surface area contributed by atoms with Crippen molar-refractivity contribution in [1.82, 2.24) is 4.72 Å². The van der Waals surface area contributed by atoms with E-state index in [9.17, 15) is 8.42 Å². The average molecular weight is 179 g/mol. The van der Waals surface area contributed by atoms with Gasteiger partial charge in [-0.05, 0) is 6.92 Å². The number of ether oxygens (including phenoxy) is 1. The normalized spacial score (nSPS) is 11.4. The first-order valence-corrected chi connectivity index (χ1v) is 4.87. The number of rotatable bonds is 6. The number of hydrogen-bond acceptors (Lipinski definition) is 3. The SMILES string of the molecule is C=CS(=O)(=O)NCCOCC. The number of hydrogen-bond donors (Lipinski definition) is 1. The molecule has 5 heteroatoms. The van der Waals surface area contributed by atoms with Gasteiger partial charge in [0, 0.05) is 18.6 Å². The minimum Gasteiger partial charge on any atom is -0.380 e. The van der Waals surface area contributed by atoms with Crippen molar-refractivity contribution in [3.63, 3.8) is 0 Å². The van der Waals surface area contributed by atoms with E-state index in [1.54, 1.807) is 0 Å². The molecule has 11 heavy (non-hydrogen) atoms. The van der Waals surface area contributed by atoms with Crippen molar-refractivity contribution in [1.29, 1.82) is 0 Å². The van der Waals surface area contributed by atoms with Gasteiger partial charge in [0.15, 0.2) is 0 Å². The van der Waals surface area contributed by atoms with E-state index in [4.69, 9.17) is 4.74 Å². The maximum absolute atomic E-state index is 10.7. The molecule has 0 unspecified atom stereocenters. The third-order valence-corrected chi connectivity index (χ3v) is 2.02. The molecule has 0 radical (unpaired) electrons. The lowest BCUT2D eigenvalue weighted by molar-refractivity contribution is 0.153. The van der Waals surface area contributed by atoms with Gasteiger partial charge in [0.2, 0.25) is 10.0 Å². The summed E-state index contributed by atoms with van der Waals surface area (Å²) >= 11 is 0. The van der Waals surface area contributed by atoms with Crippen LogP contribution in [0, 0.1) is 0 Å².